The van der Waals surface area contributed by atoms with Crippen LogP contribution in [-0.2, 0) is 0 Å². The zero-order valence-corrected chi connectivity index (χ0v) is 11.0. The van der Waals surface area contributed by atoms with Gasteiger partial charge >= 0.3 is 0 Å². The minimum absolute atomic E-state index is 0.0123. The molecule has 1 fully saturated rings. The summed E-state index contributed by atoms with van der Waals surface area (Å²) >= 11 is 0. The number of aromatic nitrogens is 1. The standard InChI is InChI=1S/C14H20N2O2/c1-10(2)18-12-7-11(8-16-9-12)13(17)14(15)5-3-4-6-14/h7-10H,3-6,15H2,1-2H3. The van der Waals surface area contributed by atoms with Gasteiger partial charge in [0.25, 0.3) is 0 Å². The van der Waals surface area contributed by atoms with Crippen LogP contribution in [-0.4, -0.2) is 22.4 Å². The van der Waals surface area contributed by atoms with Gasteiger partial charge in [-0.05, 0) is 32.8 Å². The Morgan fingerprint density at radius 2 is 2.06 bits per heavy atom. The maximum atomic E-state index is 12.4. The second-order valence-corrected chi connectivity index (χ2v) is 5.27. The molecule has 0 amide bonds. The maximum absolute atomic E-state index is 12.4. The fraction of sp³-hybridized carbons (Fsp3) is 0.571. The summed E-state index contributed by atoms with van der Waals surface area (Å²) < 4.78 is 5.55. The second kappa shape index (κ2) is 5.06. The summed E-state index contributed by atoms with van der Waals surface area (Å²) in [6.45, 7) is 3.88. The topological polar surface area (TPSA) is 65.2 Å². The molecule has 4 heteroatoms. The zero-order chi connectivity index (χ0) is 13.2. The van der Waals surface area contributed by atoms with Crippen molar-refractivity contribution in [3.63, 3.8) is 0 Å². The van der Waals surface area contributed by atoms with Crippen molar-refractivity contribution in [2.75, 3.05) is 0 Å². The lowest BCUT2D eigenvalue weighted by Gasteiger charge is -2.21. The average Bonchev–Trinajstić information content (AvgIpc) is 2.76. The van der Waals surface area contributed by atoms with E-state index in [4.69, 9.17) is 10.5 Å². The van der Waals surface area contributed by atoms with Crippen LogP contribution in [0.15, 0.2) is 18.5 Å². The summed E-state index contributed by atoms with van der Waals surface area (Å²) in [6.07, 6.45) is 6.84. The smallest absolute Gasteiger partial charge is 0.184 e. The quantitative estimate of drug-likeness (QED) is 0.830. The normalized spacial score (nSPS) is 18.0. The van der Waals surface area contributed by atoms with Crippen LogP contribution >= 0.6 is 0 Å². The SMILES string of the molecule is CC(C)Oc1cncc(C(=O)C2(N)CCCC2)c1. The third-order valence-corrected chi connectivity index (χ3v) is 3.30. The molecule has 0 atom stereocenters. The van der Waals surface area contributed by atoms with Crippen molar-refractivity contribution in [2.24, 2.45) is 5.73 Å². The number of ether oxygens (including phenoxy) is 1. The van der Waals surface area contributed by atoms with Crippen LogP contribution < -0.4 is 10.5 Å². The molecular weight excluding hydrogens is 228 g/mol. The predicted octanol–water partition coefficient (Wildman–Crippen LogP) is 2.32. The first-order valence-corrected chi connectivity index (χ1v) is 6.47. The average molecular weight is 248 g/mol. The number of pyridine rings is 1. The molecule has 1 aliphatic carbocycles. The minimum atomic E-state index is -0.696. The molecule has 18 heavy (non-hydrogen) atoms. The summed E-state index contributed by atoms with van der Waals surface area (Å²) in [5.41, 5.74) is 6.02. The molecule has 4 nitrogen and oxygen atoms in total. The first-order chi connectivity index (χ1) is 8.51. The monoisotopic (exact) mass is 248 g/mol. The van der Waals surface area contributed by atoms with Crippen molar-refractivity contribution in [1.82, 2.24) is 4.98 Å². The highest BCUT2D eigenvalue weighted by atomic mass is 16.5. The summed E-state index contributed by atoms with van der Waals surface area (Å²) in [5.74, 6) is 0.610. The number of nitrogens with zero attached hydrogens (tertiary/aromatic N) is 1. The highest BCUT2D eigenvalue weighted by molar-refractivity contribution is 6.03. The number of hydrogen-bond donors (Lipinski definition) is 1. The number of carbonyl (C=O) groups is 1. The van der Waals surface area contributed by atoms with Gasteiger partial charge in [0.05, 0.1) is 17.8 Å². The Labute approximate surface area is 108 Å². The van der Waals surface area contributed by atoms with Gasteiger partial charge in [-0.1, -0.05) is 12.8 Å². The van der Waals surface area contributed by atoms with Crippen molar-refractivity contribution in [2.45, 2.75) is 51.2 Å². The molecule has 0 radical (unpaired) electrons. The summed E-state index contributed by atoms with van der Waals surface area (Å²) in [4.78, 5) is 16.4. The van der Waals surface area contributed by atoms with E-state index in [-0.39, 0.29) is 11.9 Å². The zero-order valence-electron chi connectivity index (χ0n) is 11.0. The van der Waals surface area contributed by atoms with Crippen LogP contribution in [0.25, 0.3) is 0 Å². The lowest BCUT2D eigenvalue weighted by atomic mass is 9.89. The van der Waals surface area contributed by atoms with E-state index < -0.39 is 5.54 Å². The van der Waals surface area contributed by atoms with Gasteiger partial charge in [-0.3, -0.25) is 9.78 Å². The van der Waals surface area contributed by atoms with Crippen molar-refractivity contribution in [1.29, 1.82) is 0 Å². The molecule has 98 valence electrons. The Morgan fingerprint density at radius 3 is 2.67 bits per heavy atom. The van der Waals surface area contributed by atoms with Crippen LogP contribution in [0.1, 0.15) is 49.9 Å². The molecule has 1 aliphatic rings. The van der Waals surface area contributed by atoms with Crippen molar-refractivity contribution >= 4 is 5.78 Å². The van der Waals surface area contributed by atoms with Crippen LogP contribution in [0.2, 0.25) is 0 Å². The molecule has 1 aromatic heterocycles. The molecule has 0 aromatic carbocycles. The van der Waals surface area contributed by atoms with Crippen LogP contribution in [0.3, 0.4) is 0 Å². The molecule has 2 rings (SSSR count). The van der Waals surface area contributed by atoms with Crippen molar-refractivity contribution in [3.8, 4) is 5.75 Å². The largest absolute Gasteiger partial charge is 0.489 e. The highest BCUT2D eigenvalue weighted by Gasteiger charge is 2.37. The highest BCUT2D eigenvalue weighted by Crippen LogP contribution is 2.30. The fourth-order valence-corrected chi connectivity index (χ4v) is 2.40. The van der Waals surface area contributed by atoms with Gasteiger partial charge in [0.15, 0.2) is 5.78 Å². The third-order valence-electron chi connectivity index (χ3n) is 3.30. The number of nitrogens with two attached hydrogens (primary N) is 1. The Balaban J connectivity index is 2.20. The molecule has 1 aromatic rings. The molecule has 0 bridgehead atoms. The molecule has 0 unspecified atom stereocenters. The Kier molecular flexibility index (Phi) is 3.66. The maximum Gasteiger partial charge on any atom is 0.184 e. The van der Waals surface area contributed by atoms with E-state index in [1.165, 1.54) is 0 Å². The lowest BCUT2D eigenvalue weighted by Crippen LogP contribution is -2.45. The van der Waals surface area contributed by atoms with Gasteiger partial charge in [0.1, 0.15) is 5.75 Å². The summed E-state index contributed by atoms with van der Waals surface area (Å²) in [6, 6.07) is 1.74. The van der Waals surface area contributed by atoms with E-state index >= 15 is 0 Å². The molecule has 0 saturated heterocycles. The number of ketones is 1. The van der Waals surface area contributed by atoms with Gasteiger partial charge in [0.2, 0.25) is 0 Å². The molecule has 1 heterocycles. The third kappa shape index (κ3) is 2.70. The van der Waals surface area contributed by atoms with E-state index in [0.717, 1.165) is 25.7 Å². The molecule has 1 saturated carbocycles. The van der Waals surface area contributed by atoms with Crippen molar-refractivity contribution < 1.29 is 9.53 Å². The van der Waals surface area contributed by atoms with Crippen LogP contribution in [0.4, 0.5) is 0 Å². The molecule has 2 N–H and O–H groups in total. The van der Waals surface area contributed by atoms with E-state index in [1.54, 1.807) is 18.5 Å². The molecule has 0 spiro atoms. The minimum Gasteiger partial charge on any atom is -0.489 e. The first-order valence-electron chi connectivity index (χ1n) is 6.47. The Morgan fingerprint density at radius 1 is 1.39 bits per heavy atom. The lowest BCUT2D eigenvalue weighted by molar-refractivity contribution is 0.0891. The fourth-order valence-electron chi connectivity index (χ4n) is 2.40. The first kappa shape index (κ1) is 13.0. The number of Topliss-reactive ketones (excluding diaryl/α,β-unsaturated/α-hetero) is 1. The Bertz CT molecular complexity index is 437. The van der Waals surface area contributed by atoms with E-state index in [9.17, 15) is 4.79 Å². The van der Waals surface area contributed by atoms with E-state index in [0.29, 0.717) is 11.3 Å². The predicted molar refractivity (Wildman–Crippen MR) is 69.7 cm³/mol. The van der Waals surface area contributed by atoms with Gasteiger partial charge in [-0.25, -0.2) is 0 Å². The van der Waals surface area contributed by atoms with Gasteiger partial charge in [-0.2, -0.15) is 0 Å². The van der Waals surface area contributed by atoms with Gasteiger partial charge in [0, 0.05) is 11.8 Å². The molecular formula is C14H20N2O2. The van der Waals surface area contributed by atoms with Crippen LogP contribution in [0.5, 0.6) is 5.75 Å². The number of rotatable bonds is 4. The summed E-state index contributed by atoms with van der Waals surface area (Å²) in [5, 5.41) is 0. The van der Waals surface area contributed by atoms with Crippen LogP contribution in [0, 0.1) is 0 Å². The van der Waals surface area contributed by atoms with Crippen molar-refractivity contribution in [3.05, 3.63) is 24.0 Å². The van der Waals surface area contributed by atoms with Gasteiger partial charge < -0.3 is 10.5 Å². The molecule has 0 aliphatic heterocycles. The second-order valence-electron chi connectivity index (χ2n) is 5.27. The van der Waals surface area contributed by atoms with E-state index in [2.05, 4.69) is 4.98 Å². The Hall–Kier alpha value is -1.42. The van der Waals surface area contributed by atoms with E-state index in [1.807, 2.05) is 13.8 Å². The number of carbonyl (C=O) groups excluding carboxylic acids is 1. The number of hydrogen-bond acceptors (Lipinski definition) is 4. The van der Waals surface area contributed by atoms with Gasteiger partial charge in [-0.15, -0.1) is 0 Å². The summed E-state index contributed by atoms with van der Waals surface area (Å²) in [7, 11) is 0.